The normalized spacial score (nSPS) is 11.7. The molecule has 0 saturated heterocycles. The molecular formula is C13H16N2O. The van der Waals surface area contributed by atoms with Gasteiger partial charge in [0.05, 0.1) is 12.2 Å². The molecule has 0 amide bonds. The topological polar surface area (TPSA) is 38.1 Å². The van der Waals surface area contributed by atoms with E-state index >= 15 is 0 Å². The largest absolute Gasteiger partial charge is 0.384 e. The lowest BCUT2D eigenvalue weighted by atomic mass is 10.1. The molecule has 1 heterocycles. The molecule has 3 heteroatoms. The van der Waals surface area contributed by atoms with E-state index in [9.17, 15) is 5.11 Å². The number of rotatable bonds is 3. The highest BCUT2D eigenvalue weighted by Crippen LogP contribution is 2.19. The predicted octanol–water partition coefficient (Wildman–Crippen LogP) is 2.16. The molecule has 0 saturated carbocycles. The van der Waals surface area contributed by atoms with Crippen molar-refractivity contribution in [3.8, 4) is 0 Å². The van der Waals surface area contributed by atoms with Crippen molar-refractivity contribution in [2.75, 3.05) is 0 Å². The van der Waals surface area contributed by atoms with Crippen molar-refractivity contribution >= 4 is 0 Å². The van der Waals surface area contributed by atoms with Crippen molar-refractivity contribution < 1.29 is 5.11 Å². The van der Waals surface area contributed by atoms with Gasteiger partial charge in [0, 0.05) is 6.20 Å². The van der Waals surface area contributed by atoms with Crippen LogP contribution in [0.25, 0.3) is 0 Å². The molecule has 0 bridgehead atoms. The first-order valence-corrected chi connectivity index (χ1v) is 5.36. The second kappa shape index (κ2) is 4.10. The van der Waals surface area contributed by atoms with E-state index in [1.165, 1.54) is 5.56 Å². The minimum absolute atomic E-state index is 0.688. The second-order valence-corrected chi connectivity index (χ2v) is 4.42. The van der Waals surface area contributed by atoms with Gasteiger partial charge in [-0.05, 0) is 25.5 Å². The van der Waals surface area contributed by atoms with Crippen LogP contribution in [0.15, 0.2) is 42.6 Å². The predicted molar refractivity (Wildman–Crippen MR) is 63.0 cm³/mol. The highest BCUT2D eigenvalue weighted by Gasteiger charge is 2.20. The summed E-state index contributed by atoms with van der Waals surface area (Å²) in [4.78, 5) is 0. The van der Waals surface area contributed by atoms with Crippen molar-refractivity contribution in [2.24, 2.45) is 0 Å². The fourth-order valence-electron chi connectivity index (χ4n) is 1.73. The molecule has 84 valence electrons. The van der Waals surface area contributed by atoms with E-state index in [4.69, 9.17) is 0 Å². The molecule has 1 aromatic carbocycles. The third-order valence-electron chi connectivity index (χ3n) is 2.52. The van der Waals surface area contributed by atoms with Gasteiger partial charge in [-0.1, -0.05) is 30.3 Å². The Labute approximate surface area is 95.3 Å². The molecule has 0 radical (unpaired) electrons. The number of hydrogen-bond donors (Lipinski definition) is 1. The zero-order chi connectivity index (χ0) is 11.6. The van der Waals surface area contributed by atoms with Gasteiger partial charge in [0.2, 0.25) is 0 Å². The molecule has 0 spiro atoms. The van der Waals surface area contributed by atoms with E-state index in [1.54, 1.807) is 20.0 Å². The van der Waals surface area contributed by atoms with Crippen LogP contribution in [0.5, 0.6) is 0 Å². The monoisotopic (exact) mass is 216 g/mol. The van der Waals surface area contributed by atoms with Crippen LogP contribution in [-0.2, 0) is 12.1 Å². The highest BCUT2D eigenvalue weighted by atomic mass is 16.3. The van der Waals surface area contributed by atoms with Crippen molar-refractivity contribution in [1.82, 2.24) is 9.78 Å². The van der Waals surface area contributed by atoms with Gasteiger partial charge in [0.15, 0.2) is 0 Å². The molecule has 2 aromatic rings. The van der Waals surface area contributed by atoms with Crippen LogP contribution >= 0.6 is 0 Å². The van der Waals surface area contributed by atoms with Gasteiger partial charge in [0.1, 0.15) is 5.60 Å². The summed E-state index contributed by atoms with van der Waals surface area (Å²) in [6, 6.07) is 11.9. The summed E-state index contributed by atoms with van der Waals surface area (Å²) < 4.78 is 1.83. The lowest BCUT2D eigenvalue weighted by Gasteiger charge is -2.19. The first-order valence-electron chi connectivity index (χ1n) is 5.36. The first-order chi connectivity index (χ1) is 7.57. The van der Waals surface area contributed by atoms with Gasteiger partial charge < -0.3 is 5.11 Å². The summed E-state index contributed by atoms with van der Waals surface area (Å²) in [7, 11) is 0. The molecule has 0 fully saturated rings. The van der Waals surface area contributed by atoms with Gasteiger partial charge in [-0.3, -0.25) is 4.68 Å². The molecular weight excluding hydrogens is 200 g/mol. The van der Waals surface area contributed by atoms with E-state index in [1.807, 2.05) is 28.9 Å². The SMILES string of the molecule is CC(C)(O)c1ccnn1Cc1ccccc1. The molecule has 0 atom stereocenters. The third kappa shape index (κ3) is 2.31. The number of aliphatic hydroxyl groups is 1. The molecule has 1 aromatic heterocycles. The Bertz CT molecular complexity index is 454. The van der Waals surface area contributed by atoms with Gasteiger partial charge in [-0.25, -0.2) is 0 Å². The van der Waals surface area contributed by atoms with Crippen LogP contribution in [0.2, 0.25) is 0 Å². The molecule has 0 aliphatic rings. The molecule has 2 rings (SSSR count). The summed E-state index contributed by atoms with van der Waals surface area (Å²) in [6.07, 6.45) is 1.72. The third-order valence-corrected chi connectivity index (χ3v) is 2.52. The standard InChI is InChI=1S/C13H16N2O/c1-13(2,16)12-8-9-14-15(12)10-11-6-4-3-5-7-11/h3-9,16H,10H2,1-2H3. The van der Waals surface area contributed by atoms with Gasteiger partial charge >= 0.3 is 0 Å². The number of benzene rings is 1. The maximum absolute atomic E-state index is 9.98. The van der Waals surface area contributed by atoms with Crippen molar-refractivity contribution in [3.63, 3.8) is 0 Å². The zero-order valence-electron chi connectivity index (χ0n) is 9.59. The Morgan fingerprint density at radius 1 is 1.19 bits per heavy atom. The van der Waals surface area contributed by atoms with Crippen molar-refractivity contribution in [3.05, 3.63) is 53.9 Å². The zero-order valence-corrected chi connectivity index (χ0v) is 9.59. The van der Waals surface area contributed by atoms with E-state index in [2.05, 4.69) is 17.2 Å². The Kier molecular flexibility index (Phi) is 2.79. The minimum atomic E-state index is -0.856. The average molecular weight is 216 g/mol. The van der Waals surface area contributed by atoms with E-state index in [0.29, 0.717) is 6.54 Å². The number of hydrogen-bond acceptors (Lipinski definition) is 2. The summed E-state index contributed by atoms with van der Waals surface area (Å²) in [6.45, 7) is 4.23. The van der Waals surface area contributed by atoms with E-state index < -0.39 is 5.60 Å². The molecule has 0 aliphatic heterocycles. The fraction of sp³-hybridized carbons (Fsp3) is 0.308. The Morgan fingerprint density at radius 3 is 2.50 bits per heavy atom. The van der Waals surface area contributed by atoms with Crippen molar-refractivity contribution in [2.45, 2.75) is 26.0 Å². The van der Waals surface area contributed by atoms with Crippen LogP contribution in [-0.4, -0.2) is 14.9 Å². The van der Waals surface area contributed by atoms with Crippen LogP contribution < -0.4 is 0 Å². The van der Waals surface area contributed by atoms with Gasteiger partial charge in [-0.15, -0.1) is 0 Å². The van der Waals surface area contributed by atoms with E-state index in [0.717, 1.165) is 5.69 Å². The molecule has 1 N–H and O–H groups in total. The number of aromatic nitrogens is 2. The maximum atomic E-state index is 9.98. The van der Waals surface area contributed by atoms with Crippen LogP contribution in [0.4, 0.5) is 0 Å². The summed E-state index contributed by atoms with van der Waals surface area (Å²) in [5.74, 6) is 0. The Balaban J connectivity index is 2.26. The number of nitrogens with zero attached hydrogens (tertiary/aromatic N) is 2. The van der Waals surface area contributed by atoms with Gasteiger partial charge in [0.25, 0.3) is 0 Å². The average Bonchev–Trinajstić information content (AvgIpc) is 2.67. The van der Waals surface area contributed by atoms with Crippen LogP contribution in [0.1, 0.15) is 25.1 Å². The quantitative estimate of drug-likeness (QED) is 0.853. The second-order valence-electron chi connectivity index (χ2n) is 4.42. The first kappa shape index (κ1) is 10.9. The Morgan fingerprint density at radius 2 is 1.88 bits per heavy atom. The lowest BCUT2D eigenvalue weighted by Crippen LogP contribution is -2.21. The van der Waals surface area contributed by atoms with Crippen molar-refractivity contribution in [1.29, 1.82) is 0 Å². The maximum Gasteiger partial charge on any atom is 0.101 e. The molecule has 3 nitrogen and oxygen atoms in total. The molecule has 0 unspecified atom stereocenters. The highest BCUT2D eigenvalue weighted by molar-refractivity contribution is 5.17. The smallest absolute Gasteiger partial charge is 0.101 e. The lowest BCUT2D eigenvalue weighted by molar-refractivity contribution is 0.0688. The van der Waals surface area contributed by atoms with E-state index in [-0.39, 0.29) is 0 Å². The van der Waals surface area contributed by atoms with Gasteiger partial charge in [-0.2, -0.15) is 5.10 Å². The summed E-state index contributed by atoms with van der Waals surface area (Å²) >= 11 is 0. The minimum Gasteiger partial charge on any atom is -0.384 e. The Hall–Kier alpha value is -1.61. The fourth-order valence-corrected chi connectivity index (χ4v) is 1.73. The summed E-state index contributed by atoms with van der Waals surface area (Å²) in [5, 5.41) is 14.2. The molecule has 0 aliphatic carbocycles. The molecule has 16 heavy (non-hydrogen) atoms. The van der Waals surface area contributed by atoms with Crippen LogP contribution in [0.3, 0.4) is 0 Å². The summed E-state index contributed by atoms with van der Waals surface area (Å²) in [5.41, 5.74) is 1.15. The van der Waals surface area contributed by atoms with Crippen LogP contribution in [0, 0.1) is 0 Å².